The van der Waals surface area contributed by atoms with Crippen LogP contribution in [0.3, 0.4) is 0 Å². The number of aryl methyl sites for hydroxylation is 1. The summed E-state index contributed by atoms with van der Waals surface area (Å²) >= 11 is 6.53. The van der Waals surface area contributed by atoms with E-state index in [9.17, 15) is 4.79 Å². The van der Waals surface area contributed by atoms with Gasteiger partial charge in [-0.1, -0.05) is 15.9 Å². The third-order valence-electron chi connectivity index (χ3n) is 2.28. The van der Waals surface area contributed by atoms with Crippen LogP contribution in [-0.4, -0.2) is 16.6 Å². The number of aromatic nitrogens is 1. The maximum absolute atomic E-state index is 11.7. The van der Waals surface area contributed by atoms with Gasteiger partial charge in [-0.05, 0) is 31.2 Å². The number of benzene rings is 1. The summed E-state index contributed by atoms with van der Waals surface area (Å²) in [5.41, 5.74) is 0.935. The molecule has 2 aromatic rings. The molecule has 1 aromatic heterocycles. The number of nitrogens with one attached hydrogen (secondary N) is 1. The lowest BCUT2D eigenvalue weighted by molar-refractivity contribution is -0.115. The largest absolute Gasteiger partial charge is 0.302 e. The second-order valence-corrected chi connectivity index (χ2v) is 6.84. The second kappa shape index (κ2) is 7.07. The molecule has 1 aromatic carbocycles. The quantitative estimate of drug-likeness (QED) is 0.810. The molecule has 0 radical (unpaired) electrons. The molecule has 2 rings (SSSR count). The number of rotatable bonds is 5. The Kier molecular flexibility index (Phi) is 5.42. The van der Waals surface area contributed by atoms with Gasteiger partial charge in [-0.2, -0.15) is 0 Å². The molecule has 0 aliphatic rings. The molecule has 3 nitrogen and oxygen atoms in total. The first-order chi connectivity index (χ1) is 9.13. The molecule has 1 amide bonds. The lowest BCUT2D eigenvalue weighted by atomic mass is 10.4. The molecule has 6 heteroatoms. The average Bonchev–Trinajstić information content (AvgIpc) is 2.77. The highest BCUT2D eigenvalue weighted by atomic mass is 79.9. The molecule has 1 N–H and O–H groups in total. The highest BCUT2D eigenvalue weighted by Crippen LogP contribution is 2.21. The Balaban J connectivity index is 1.73. The van der Waals surface area contributed by atoms with Crippen molar-refractivity contribution in [1.82, 2.24) is 4.98 Å². The standard InChI is InChI=1S/C13H13BrN2OS2/c1-9-8-19-13(15-9)16-12(17)6-7-18-11-4-2-10(14)3-5-11/h2-5,8H,6-7H2,1H3,(H,15,16,17). The van der Waals surface area contributed by atoms with Crippen molar-refractivity contribution in [3.63, 3.8) is 0 Å². The summed E-state index contributed by atoms with van der Waals surface area (Å²) in [6.07, 6.45) is 0.485. The van der Waals surface area contributed by atoms with Crippen LogP contribution in [-0.2, 0) is 4.79 Å². The van der Waals surface area contributed by atoms with Crippen LogP contribution in [0.1, 0.15) is 12.1 Å². The number of anilines is 1. The number of thiazole rings is 1. The second-order valence-electron chi connectivity index (χ2n) is 3.89. The summed E-state index contributed by atoms with van der Waals surface area (Å²) < 4.78 is 1.06. The fourth-order valence-electron chi connectivity index (χ4n) is 1.39. The molecule has 0 aliphatic carbocycles. The van der Waals surface area contributed by atoms with E-state index >= 15 is 0 Å². The summed E-state index contributed by atoms with van der Waals surface area (Å²) in [6, 6.07) is 8.08. The van der Waals surface area contributed by atoms with Crippen molar-refractivity contribution in [3.8, 4) is 0 Å². The van der Waals surface area contributed by atoms with E-state index in [1.807, 2.05) is 36.6 Å². The zero-order valence-electron chi connectivity index (χ0n) is 10.4. The zero-order chi connectivity index (χ0) is 13.7. The van der Waals surface area contributed by atoms with E-state index in [4.69, 9.17) is 0 Å². The van der Waals surface area contributed by atoms with Crippen molar-refractivity contribution in [2.75, 3.05) is 11.1 Å². The van der Waals surface area contributed by atoms with Gasteiger partial charge in [0.1, 0.15) is 0 Å². The molecule has 0 saturated carbocycles. The lowest BCUT2D eigenvalue weighted by Crippen LogP contribution is -2.11. The summed E-state index contributed by atoms with van der Waals surface area (Å²) in [4.78, 5) is 17.1. The van der Waals surface area contributed by atoms with Crippen LogP contribution < -0.4 is 5.32 Å². The highest BCUT2D eigenvalue weighted by Gasteiger charge is 2.05. The highest BCUT2D eigenvalue weighted by molar-refractivity contribution is 9.10. The predicted molar refractivity (Wildman–Crippen MR) is 85.0 cm³/mol. The number of amides is 1. The van der Waals surface area contributed by atoms with Crippen molar-refractivity contribution in [3.05, 3.63) is 39.8 Å². The van der Waals surface area contributed by atoms with E-state index in [1.165, 1.54) is 16.2 Å². The molecule has 0 atom stereocenters. The van der Waals surface area contributed by atoms with Crippen LogP contribution in [0, 0.1) is 6.92 Å². The van der Waals surface area contributed by atoms with Crippen molar-refractivity contribution in [1.29, 1.82) is 0 Å². The maximum Gasteiger partial charge on any atom is 0.226 e. The van der Waals surface area contributed by atoms with Gasteiger partial charge in [0.05, 0.1) is 5.69 Å². The summed E-state index contributed by atoms with van der Waals surface area (Å²) in [5.74, 6) is 0.775. The Labute approximate surface area is 129 Å². The molecule has 0 bridgehead atoms. The van der Waals surface area contributed by atoms with Gasteiger partial charge in [0.15, 0.2) is 5.13 Å². The Hall–Kier alpha value is -0.850. The third kappa shape index (κ3) is 4.97. The molecule has 0 spiro atoms. The van der Waals surface area contributed by atoms with Crippen molar-refractivity contribution >= 4 is 50.1 Å². The minimum absolute atomic E-state index is 0.0129. The van der Waals surface area contributed by atoms with Gasteiger partial charge in [-0.25, -0.2) is 4.98 Å². The number of thioether (sulfide) groups is 1. The Morgan fingerprint density at radius 2 is 2.16 bits per heavy atom. The topological polar surface area (TPSA) is 42.0 Å². The smallest absolute Gasteiger partial charge is 0.226 e. The van der Waals surface area contributed by atoms with Crippen LogP contribution in [0.2, 0.25) is 0 Å². The van der Waals surface area contributed by atoms with E-state index in [1.54, 1.807) is 11.8 Å². The van der Waals surface area contributed by atoms with Gasteiger partial charge in [0.25, 0.3) is 0 Å². The lowest BCUT2D eigenvalue weighted by Gasteiger charge is -2.02. The van der Waals surface area contributed by atoms with Crippen molar-refractivity contribution < 1.29 is 4.79 Å². The van der Waals surface area contributed by atoms with Crippen molar-refractivity contribution in [2.45, 2.75) is 18.2 Å². The number of carbonyl (C=O) groups is 1. The van der Waals surface area contributed by atoms with E-state index < -0.39 is 0 Å². The molecule has 0 unspecified atom stereocenters. The first-order valence-electron chi connectivity index (χ1n) is 5.74. The number of hydrogen-bond acceptors (Lipinski definition) is 4. The zero-order valence-corrected chi connectivity index (χ0v) is 13.6. The summed E-state index contributed by atoms with van der Waals surface area (Å²) in [6.45, 7) is 1.91. The van der Waals surface area contributed by atoms with Gasteiger partial charge in [0, 0.05) is 26.9 Å². The monoisotopic (exact) mass is 356 g/mol. The Bertz CT molecular complexity index is 554. The summed E-state index contributed by atoms with van der Waals surface area (Å²) in [7, 11) is 0. The van der Waals surface area contributed by atoms with Gasteiger partial charge >= 0.3 is 0 Å². The maximum atomic E-state index is 11.7. The van der Waals surface area contributed by atoms with E-state index in [0.29, 0.717) is 11.6 Å². The predicted octanol–water partition coefficient (Wildman–Crippen LogP) is 4.33. The number of nitrogens with zero attached hydrogens (tertiary/aromatic N) is 1. The molecular formula is C13H13BrN2OS2. The minimum Gasteiger partial charge on any atom is -0.302 e. The molecule has 0 saturated heterocycles. The third-order valence-corrected chi connectivity index (χ3v) is 4.69. The van der Waals surface area contributed by atoms with Gasteiger partial charge in [0.2, 0.25) is 5.91 Å². The molecule has 19 heavy (non-hydrogen) atoms. The Morgan fingerprint density at radius 3 is 2.79 bits per heavy atom. The van der Waals surface area contributed by atoms with Gasteiger partial charge in [-0.15, -0.1) is 23.1 Å². The van der Waals surface area contributed by atoms with Crippen LogP contribution in [0.5, 0.6) is 0 Å². The molecule has 1 heterocycles. The van der Waals surface area contributed by atoms with E-state index in [0.717, 1.165) is 15.9 Å². The number of carbonyl (C=O) groups excluding carboxylic acids is 1. The normalized spacial score (nSPS) is 10.4. The number of hydrogen-bond donors (Lipinski definition) is 1. The van der Waals surface area contributed by atoms with Crippen LogP contribution in [0.25, 0.3) is 0 Å². The van der Waals surface area contributed by atoms with Crippen LogP contribution in [0.15, 0.2) is 39.0 Å². The average molecular weight is 357 g/mol. The fourth-order valence-corrected chi connectivity index (χ4v) is 3.21. The fraction of sp³-hybridized carbons (Fsp3) is 0.231. The molecule has 0 aliphatic heterocycles. The Morgan fingerprint density at radius 1 is 1.42 bits per heavy atom. The molecular weight excluding hydrogens is 344 g/mol. The first kappa shape index (κ1) is 14.6. The van der Waals surface area contributed by atoms with E-state index in [-0.39, 0.29) is 5.91 Å². The van der Waals surface area contributed by atoms with Crippen LogP contribution in [0.4, 0.5) is 5.13 Å². The molecule has 100 valence electrons. The SMILES string of the molecule is Cc1csc(NC(=O)CCSc2ccc(Br)cc2)n1. The van der Waals surface area contributed by atoms with Crippen LogP contribution >= 0.6 is 39.0 Å². The van der Waals surface area contributed by atoms with E-state index in [2.05, 4.69) is 26.2 Å². The summed E-state index contributed by atoms with van der Waals surface area (Å²) in [5, 5.41) is 5.41. The number of halogens is 1. The first-order valence-corrected chi connectivity index (χ1v) is 8.39. The minimum atomic E-state index is 0.0129. The van der Waals surface area contributed by atoms with Gasteiger partial charge < -0.3 is 5.32 Å². The van der Waals surface area contributed by atoms with Crippen molar-refractivity contribution in [2.24, 2.45) is 0 Å². The molecule has 0 fully saturated rings. The van der Waals surface area contributed by atoms with Gasteiger partial charge in [-0.3, -0.25) is 4.79 Å².